The highest BCUT2D eigenvalue weighted by Crippen LogP contribution is 2.45. The molecule has 1 heterocycles. The molecule has 0 radical (unpaired) electrons. The van der Waals surface area contributed by atoms with Gasteiger partial charge >= 0.3 is 11.9 Å². The van der Waals surface area contributed by atoms with E-state index in [9.17, 15) is 14.4 Å². The third-order valence-electron chi connectivity index (χ3n) is 5.70. The summed E-state index contributed by atoms with van der Waals surface area (Å²) in [6, 6.07) is 17.3. The molecule has 1 aliphatic carbocycles. The van der Waals surface area contributed by atoms with Gasteiger partial charge in [0.15, 0.2) is 0 Å². The molecule has 1 aromatic heterocycles. The first-order valence-electron chi connectivity index (χ1n) is 11.1. The van der Waals surface area contributed by atoms with Gasteiger partial charge < -0.3 is 19.5 Å². The van der Waals surface area contributed by atoms with Gasteiger partial charge in [0.05, 0.1) is 25.7 Å². The lowest BCUT2D eigenvalue weighted by Crippen LogP contribution is -2.16. The van der Waals surface area contributed by atoms with Crippen molar-refractivity contribution in [2.45, 2.75) is 25.4 Å². The first kappa shape index (κ1) is 24.2. The Morgan fingerprint density at radius 2 is 1.77 bits per heavy atom. The van der Waals surface area contributed by atoms with E-state index in [0.717, 1.165) is 21.8 Å². The predicted molar refractivity (Wildman–Crippen MR) is 134 cm³/mol. The van der Waals surface area contributed by atoms with Crippen molar-refractivity contribution in [3.8, 4) is 5.75 Å². The number of hydrogen-bond acceptors (Lipinski definition) is 7. The number of hydrogen-bond donors (Lipinski definition) is 1. The molecule has 3 aromatic rings. The maximum Gasteiger partial charge on any atom is 0.341 e. The summed E-state index contributed by atoms with van der Waals surface area (Å²) in [6.07, 6.45) is 4.27. The molecule has 0 saturated carbocycles. The number of carbonyl (C=O) groups excluding carboxylic acids is 3. The average Bonchev–Trinajstić information content (AvgIpc) is 3.45. The summed E-state index contributed by atoms with van der Waals surface area (Å²) >= 11 is 1.29. The van der Waals surface area contributed by atoms with Crippen LogP contribution in [-0.4, -0.2) is 32.1 Å². The Morgan fingerprint density at radius 1 is 1.03 bits per heavy atom. The number of anilines is 1. The van der Waals surface area contributed by atoms with Crippen LogP contribution in [0.5, 0.6) is 5.75 Å². The molecular formula is C27H25NO6S. The fraction of sp³-hybridized carbons (Fsp3) is 0.222. The highest BCUT2D eigenvalue weighted by Gasteiger charge is 2.38. The molecule has 7 nitrogen and oxygen atoms in total. The molecule has 1 N–H and O–H groups in total. The van der Waals surface area contributed by atoms with Crippen molar-refractivity contribution >= 4 is 40.3 Å². The number of benzene rings is 2. The van der Waals surface area contributed by atoms with E-state index in [-0.39, 0.29) is 5.56 Å². The topological polar surface area (TPSA) is 90.9 Å². The van der Waals surface area contributed by atoms with Crippen LogP contribution in [0, 0.1) is 0 Å². The zero-order valence-electron chi connectivity index (χ0n) is 19.4. The lowest BCUT2D eigenvalue weighted by atomic mass is 9.99. The van der Waals surface area contributed by atoms with Crippen molar-refractivity contribution in [3.63, 3.8) is 0 Å². The Labute approximate surface area is 207 Å². The number of aryl methyl sites for hydroxylation is 1. The highest BCUT2D eigenvalue weighted by molar-refractivity contribution is 7.17. The molecule has 0 spiro atoms. The van der Waals surface area contributed by atoms with E-state index in [1.807, 2.05) is 54.6 Å². The van der Waals surface area contributed by atoms with Gasteiger partial charge in [0.1, 0.15) is 17.4 Å². The number of methoxy groups -OCH3 is 2. The number of fused-ring (bicyclic) bond motifs is 1. The van der Waals surface area contributed by atoms with Gasteiger partial charge in [-0.15, -0.1) is 11.3 Å². The number of rotatable bonds is 8. The normalized spacial score (nSPS) is 14.4. The number of thiophene rings is 1. The molecule has 2 aromatic carbocycles. The molecule has 0 fully saturated rings. The molecular weight excluding hydrogens is 466 g/mol. The highest BCUT2D eigenvalue weighted by atomic mass is 32.1. The quantitative estimate of drug-likeness (QED) is 0.354. The minimum Gasteiger partial charge on any atom is -0.489 e. The van der Waals surface area contributed by atoms with Crippen LogP contribution < -0.4 is 10.1 Å². The standard InChI is InChI=1S/C27H25NO6S/c1-32-26(30)20-13-14-21-23(20)24(27(31)33-2)25(35-21)28-22(29)15-10-17-8-11-19(12-9-17)34-16-18-6-4-3-5-7-18/h3-12,15,20H,13-14,16H2,1-2H3,(H,28,29)/b15-10+. The summed E-state index contributed by atoms with van der Waals surface area (Å²) in [5.41, 5.74) is 2.72. The lowest BCUT2D eigenvalue weighted by Gasteiger charge is -2.11. The Bertz CT molecular complexity index is 1250. The summed E-state index contributed by atoms with van der Waals surface area (Å²) in [5.74, 6) is -1.20. The first-order valence-corrected chi connectivity index (χ1v) is 11.9. The van der Waals surface area contributed by atoms with Crippen molar-refractivity contribution in [1.29, 1.82) is 0 Å². The molecule has 1 unspecified atom stereocenters. The van der Waals surface area contributed by atoms with E-state index in [2.05, 4.69) is 5.32 Å². The van der Waals surface area contributed by atoms with Gasteiger partial charge in [0, 0.05) is 11.0 Å². The fourth-order valence-corrected chi connectivity index (χ4v) is 5.24. The second kappa shape index (κ2) is 11.0. The number of ether oxygens (including phenoxy) is 3. The van der Waals surface area contributed by atoms with E-state index in [1.165, 1.54) is 31.6 Å². The van der Waals surface area contributed by atoms with E-state index < -0.39 is 23.8 Å². The molecule has 4 rings (SSSR count). The number of carbonyl (C=O) groups is 3. The minimum absolute atomic E-state index is 0.224. The van der Waals surface area contributed by atoms with Crippen LogP contribution in [0.25, 0.3) is 6.08 Å². The smallest absolute Gasteiger partial charge is 0.341 e. The molecule has 0 saturated heterocycles. The van der Waals surface area contributed by atoms with Crippen LogP contribution in [0.1, 0.15) is 44.3 Å². The van der Waals surface area contributed by atoms with Gasteiger partial charge in [-0.2, -0.15) is 0 Å². The third kappa shape index (κ3) is 5.60. The predicted octanol–water partition coefficient (Wildman–Crippen LogP) is 4.97. The number of nitrogens with one attached hydrogen (secondary N) is 1. The fourth-order valence-electron chi connectivity index (χ4n) is 3.98. The van der Waals surface area contributed by atoms with Crippen LogP contribution in [-0.2, 0) is 32.1 Å². The third-order valence-corrected chi connectivity index (χ3v) is 6.88. The molecule has 1 aliphatic rings. The van der Waals surface area contributed by atoms with Gasteiger partial charge in [-0.1, -0.05) is 42.5 Å². The van der Waals surface area contributed by atoms with Gasteiger partial charge in [-0.25, -0.2) is 4.79 Å². The molecule has 0 aliphatic heterocycles. The summed E-state index contributed by atoms with van der Waals surface area (Å²) < 4.78 is 15.6. The van der Waals surface area contributed by atoms with Crippen LogP contribution in [0.3, 0.4) is 0 Å². The van der Waals surface area contributed by atoms with Crippen LogP contribution in [0.2, 0.25) is 0 Å². The van der Waals surface area contributed by atoms with Gasteiger partial charge in [-0.3, -0.25) is 9.59 Å². The Kier molecular flexibility index (Phi) is 7.62. The Hall–Kier alpha value is -3.91. The molecule has 1 amide bonds. The van der Waals surface area contributed by atoms with Crippen molar-refractivity contribution in [2.75, 3.05) is 19.5 Å². The second-order valence-electron chi connectivity index (χ2n) is 7.91. The molecule has 180 valence electrons. The van der Waals surface area contributed by atoms with Crippen LogP contribution in [0.15, 0.2) is 60.7 Å². The van der Waals surface area contributed by atoms with Crippen molar-refractivity contribution < 1.29 is 28.6 Å². The first-order chi connectivity index (χ1) is 17.0. The van der Waals surface area contributed by atoms with Gasteiger partial charge in [0.25, 0.3) is 0 Å². The number of esters is 2. The van der Waals surface area contributed by atoms with Crippen molar-refractivity contribution in [2.24, 2.45) is 0 Å². The summed E-state index contributed by atoms with van der Waals surface area (Å²) in [6.45, 7) is 0.475. The monoisotopic (exact) mass is 491 g/mol. The summed E-state index contributed by atoms with van der Waals surface area (Å²) in [4.78, 5) is 38.2. The summed E-state index contributed by atoms with van der Waals surface area (Å²) in [7, 11) is 2.59. The largest absolute Gasteiger partial charge is 0.489 e. The zero-order chi connectivity index (χ0) is 24.8. The van der Waals surface area contributed by atoms with E-state index >= 15 is 0 Å². The molecule has 35 heavy (non-hydrogen) atoms. The lowest BCUT2D eigenvalue weighted by molar-refractivity contribution is -0.142. The molecule has 1 atom stereocenters. The second-order valence-corrected chi connectivity index (χ2v) is 9.02. The van der Waals surface area contributed by atoms with E-state index in [1.54, 1.807) is 6.08 Å². The van der Waals surface area contributed by atoms with Gasteiger partial charge in [-0.05, 0) is 47.7 Å². The Morgan fingerprint density at radius 3 is 2.46 bits per heavy atom. The molecule has 0 bridgehead atoms. The van der Waals surface area contributed by atoms with Crippen molar-refractivity contribution in [3.05, 3.63) is 87.8 Å². The number of amides is 1. The van der Waals surface area contributed by atoms with E-state index in [0.29, 0.717) is 30.0 Å². The minimum atomic E-state index is -0.594. The van der Waals surface area contributed by atoms with Crippen LogP contribution in [0.4, 0.5) is 5.00 Å². The van der Waals surface area contributed by atoms with E-state index in [4.69, 9.17) is 14.2 Å². The average molecular weight is 492 g/mol. The maximum atomic E-state index is 12.6. The zero-order valence-corrected chi connectivity index (χ0v) is 20.2. The van der Waals surface area contributed by atoms with Crippen LogP contribution >= 0.6 is 11.3 Å². The van der Waals surface area contributed by atoms with Crippen molar-refractivity contribution in [1.82, 2.24) is 0 Å². The summed E-state index contributed by atoms with van der Waals surface area (Å²) in [5, 5.41) is 3.14. The maximum absolute atomic E-state index is 12.6. The SMILES string of the molecule is COC(=O)c1c(NC(=O)/C=C/c2ccc(OCc3ccccc3)cc2)sc2c1C(C(=O)OC)CC2. The Balaban J connectivity index is 1.42. The molecule has 8 heteroatoms. The van der Waals surface area contributed by atoms with Gasteiger partial charge in [0.2, 0.25) is 5.91 Å².